The lowest BCUT2D eigenvalue weighted by atomic mass is 10.0. The first-order valence-electron chi connectivity index (χ1n) is 31.4. The van der Waals surface area contributed by atoms with Crippen LogP contribution in [0.1, 0.15) is 290 Å². The Hall–Kier alpha value is -3.93. The van der Waals surface area contributed by atoms with Crippen LogP contribution in [-0.4, -0.2) is 37.2 Å². The Kier molecular flexibility index (Phi) is 59.3. The molecule has 0 fully saturated rings. The van der Waals surface area contributed by atoms with Crippen LogP contribution in [-0.2, 0) is 28.6 Å². The molecule has 0 aromatic heterocycles. The number of rotatable bonds is 56. The first-order valence-corrected chi connectivity index (χ1v) is 31.4. The third-order valence-electron chi connectivity index (χ3n) is 13.3. The Balaban J connectivity index is 4.39. The van der Waals surface area contributed by atoms with Crippen molar-refractivity contribution in [2.24, 2.45) is 0 Å². The van der Waals surface area contributed by atoms with Crippen molar-refractivity contribution < 1.29 is 28.6 Å². The Bertz CT molecular complexity index is 1520. The molecule has 0 aliphatic rings. The summed E-state index contributed by atoms with van der Waals surface area (Å²) in [6.45, 7) is 6.50. The van der Waals surface area contributed by atoms with Gasteiger partial charge < -0.3 is 14.2 Å². The molecule has 6 nitrogen and oxygen atoms in total. The van der Waals surface area contributed by atoms with Crippen molar-refractivity contribution in [3.63, 3.8) is 0 Å². The van der Waals surface area contributed by atoms with Crippen molar-refractivity contribution in [3.8, 4) is 0 Å². The first-order chi connectivity index (χ1) is 37.0. The van der Waals surface area contributed by atoms with Crippen molar-refractivity contribution in [2.75, 3.05) is 13.2 Å². The number of allylic oxidation sites excluding steroid dienone is 18. The van der Waals surface area contributed by atoms with Gasteiger partial charge in [-0.3, -0.25) is 14.4 Å². The summed E-state index contributed by atoms with van der Waals surface area (Å²) in [7, 11) is 0. The third-order valence-corrected chi connectivity index (χ3v) is 13.3. The zero-order valence-electron chi connectivity index (χ0n) is 49.0. The highest BCUT2D eigenvalue weighted by Crippen LogP contribution is 2.15. The number of esters is 3. The predicted molar refractivity (Wildman–Crippen MR) is 325 cm³/mol. The molecule has 0 aliphatic heterocycles. The van der Waals surface area contributed by atoms with Crippen molar-refractivity contribution >= 4 is 17.9 Å². The van der Waals surface area contributed by atoms with Crippen LogP contribution in [0.5, 0.6) is 0 Å². The number of ether oxygens (including phenoxy) is 3. The smallest absolute Gasteiger partial charge is 0.306 e. The third kappa shape index (κ3) is 60.8. The van der Waals surface area contributed by atoms with Crippen molar-refractivity contribution in [1.29, 1.82) is 0 Å². The van der Waals surface area contributed by atoms with Crippen LogP contribution in [0.25, 0.3) is 0 Å². The highest BCUT2D eigenvalue weighted by Gasteiger charge is 2.19. The molecule has 1 atom stereocenters. The van der Waals surface area contributed by atoms with E-state index in [1.54, 1.807) is 0 Å². The van der Waals surface area contributed by atoms with E-state index in [2.05, 4.69) is 130 Å². The van der Waals surface area contributed by atoms with Gasteiger partial charge in [-0.2, -0.15) is 0 Å². The molecule has 0 radical (unpaired) electrons. The van der Waals surface area contributed by atoms with Gasteiger partial charge in [-0.1, -0.05) is 271 Å². The Morgan fingerprint density at radius 2 is 0.520 bits per heavy atom. The fraction of sp³-hybridized carbons (Fsp3) is 0.696. The minimum absolute atomic E-state index is 0.0887. The zero-order chi connectivity index (χ0) is 54.3. The van der Waals surface area contributed by atoms with Crippen LogP contribution in [0.3, 0.4) is 0 Å². The number of hydrogen-bond acceptors (Lipinski definition) is 6. The normalized spacial score (nSPS) is 12.8. The summed E-state index contributed by atoms with van der Waals surface area (Å²) >= 11 is 0. The molecule has 1 unspecified atom stereocenters. The summed E-state index contributed by atoms with van der Waals surface area (Å²) < 4.78 is 16.9. The van der Waals surface area contributed by atoms with Gasteiger partial charge in [-0.05, 0) is 109 Å². The number of unbranched alkanes of at least 4 members (excludes halogenated alkanes) is 27. The molecule has 0 aromatic carbocycles. The molecule has 0 saturated heterocycles. The SMILES string of the molecule is CC/C=C\C/C=C\C/C=C\C/C=C\C/C=C\C/C=C\C/C=C\CCCCCCCC(=O)OCC(COC(=O)CCCCCCCCCCCCCCCC)OC(=O)CCCCCCC/C=C\C/C=C\CCCCCC. The van der Waals surface area contributed by atoms with Gasteiger partial charge >= 0.3 is 17.9 Å². The predicted octanol–water partition coefficient (Wildman–Crippen LogP) is 21.4. The highest BCUT2D eigenvalue weighted by molar-refractivity contribution is 5.71. The van der Waals surface area contributed by atoms with E-state index in [4.69, 9.17) is 14.2 Å². The van der Waals surface area contributed by atoms with E-state index in [0.29, 0.717) is 19.3 Å². The van der Waals surface area contributed by atoms with E-state index in [-0.39, 0.29) is 31.1 Å². The lowest BCUT2D eigenvalue weighted by Gasteiger charge is -2.18. The second-order valence-electron chi connectivity index (χ2n) is 20.6. The van der Waals surface area contributed by atoms with Gasteiger partial charge in [-0.15, -0.1) is 0 Å². The maximum Gasteiger partial charge on any atom is 0.306 e. The molecule has 0 aliphatic carbocycles. The molecule has 0 heterocycles. The maximum absolute atomic E-state index is 12.9. The van der Waals surface area contributed by atoms with Crippen LogP contribution >= 0.6 is 0 Å². The van der Waals surface area contributed by atoms with Crippen LogP contribution in [0.2, 0.25) is 0 Å². The molecule has 0 N–H and O–H groups in total. The van der Waals surface area contributed by atoms with Gasteiger partial charge in [0.25, 0.3) is 0 Å². The van der Waals surface area contributed by atoms with Gasteiger partial charge in [0.1, 0.15) is 13.2 Å². The molecular formula is C69H116O6. The van der Waals surface area contributed by atoms with Crippen LogP contribution in [0.15, 0.2) is 109 Å². The number of hydrogen-bond donors (Lipinski definition) is 0. The topological polar surface area (TPSA) is 78.9 Å². The molecule has 428 valence electrons. The van der Waals surface area contributed by atoms with E-state index in [0.717, 1.165) is 148 Å². The maximum atomic E-state index is 12.9. The van der Waals surface area contributed by atoms with E-state index in [9.17, 15) is 14.4 Å². The molecule has 0 saturated carbocycles. The minimum atomic E-state index is -0.795. The summed E-state index contributed by atoms with van der Waals surface area (Å²) in [5, 5.41) is 0. The average Bonchev–Trinajstić information content (AvgIpc) is 3.41. The summed E-state index contributed by atoms with van der Waals surface area (Å²) in [5.41, 5.74) is 0. The number of carbonyl (C=O) groups excluding carboxylic acids is 3. The van der Waals surface area contributed by atoms with Gasteiger partial charge in [0.05, 0.1) is 0 Å². The zero-order valence-corrected chi connectivity index (χ0v) is 49.0. The van der Waals surface area contributed by atoms with Crippen LogP contribution in [0, 0.1) is 0 Å². The standard InChI is InChI=1S/C69H116O6/c1-4-7-10-13-16-19-22-25-28-30-31-32-33-34-35-36-37-38-39-40-42-44-47-50-53-56-59-62-68(71)74-65-66(64-73-67(70)61-58-55-52-49-46-43-27-24-21-18-15-12-9-6-3)75-69(72)63-60-57-54-51-48-45-41-29-26-23-20-17-14-11-8-5-2/h7,10,16,19-20,23,25,28-29,31-32,34-35,37-38,40-42,66H,4-6,8-9,11-15,17-18,21-22,24,26-27,30,33,36,39,43-65H2,1-3H3/b10-7-,19-16-,23-20-,28-25-,32-31-,35-34-,38-37-,41-29-,42-40-. The second-order valence-corrected chi connectivity index (χ2v) is 20.6. The summed E-state index contributed by atoms with van der Waals surface area (Å²) in [6.07, 6.45) is 85.1. The first kappa shape index (κ1) is 71.1. The van der Waals surface area contributed by atoms with E-state index >= 15 is 0 Å². The van der Waals surface area contributed by atoms with Crippen molar-refractivity contribution in [2.45, 2.75) is 297 Å². The number of carbonyl (C=O) groups is 3. The van der Waals surface area contributed by atoms with Crippen molar-refractivity contribution in [3.05, 3.63) is 109 Å². The van der Waals surface area contributed by atoms with E-state index < -0.39 is 6.10 Å². The Morgan fingerprint density at radius 3 is 0.827 bits per heavy atom. The van der Waals surface area contributed by atoms with Crippen LogP contribution in [0.4, 0.5) is 0 Å². The average molecular weight is 1040 g/mol. The molecular weight excluding hydrogens is 925 g/mol. The quantitative estimate of drug-likeness (QED) is 0.0261. The molecule has 0 aromatic rings. The Labute approximate surface area is 463 Å². The van der Waals surface area contributed by atoms with Gasteiger partial charge in [0.2, 0.25) is 0 Å². The highest BCUT2D eigenvalue weighted by atomic mass is 16.6. The van der Waals surface area contributed by atoms with Gasteiger partial charge in [0.15, 0.2) is 6.10 Å². The summed E-state index contributed by atoms with van der Waals surface area (Å²) in [6, 6.07) is 0. The fourth-order valence-electron chi connectivity index (χ4n) is 8.57. The lowest BCUT2D eigenvalue weighted by molar-refractivity contribution is -0.167. The molecule has 0 rings (SSSR count). The molecule has 0 amide bonds. The van der Waals surface area contributed by atoms with Gasteiger partial charge in [-0.25, -0.2) is 0 Å². The molecule has 0 spiro atoms. The van der Waals surface area contributed by atoms with Crippen molar-refractivity contribution in [1.82, 2.24) is 0 Å². The molecule has 6 heteroatoms. The Morgan fingerprint density at radius 1 is 0.280 bits per heavy atom. The second kappa shape index (κ2) is 62.6. The largest absolute Gasteiger partial charge is 0.462 e. The minimum Gasteiger partial charge on any atom is -0.462 e. The monoisotopic (exact) mass is 1040 g/mol. The lowest BCUT2D eigenvalue weighted by Crippen LogP contribution is -2.30. The van der Waals surface area contributed by atoms with Gasteiger partial charge in [0, 0.05) is 19.3 Å². The van der Waals surface area contributed by atoms with Crippen LogP contribution < -0.4 is 0 Å². The fourth-order valence-corrected chi connectivity index (χ4v) is 8.57. The van der Waals surface area contributed by atoms with E-state index in [1.807, 2.05) is 0 Å². The molecule has 75 heavy (non-hydrogen) atoms. The summed E-state index contributed by atoms with van der Waals surface area (Å²) in [5.74, 6) is -0.916. The molecule has 0 bridgehead atoms. The summed E-state index contributed by atoms with van der Waals surface area (Å²) in [4.78, 5) is 38.3. The van der Waals surface area contributed by atoms with E-state index in [1.165, 1.54) is 103 Å².